The van der Waals surface area contributed by atoms with Crippen LogP contribution >= 0.6 is 0 Å². The summed E-state index contributed by atoms with van der Waals surface area (Å²) in [6, 6.07) is 5.76. The smallest absolute Gasteiger partial charge is 0.240 e. The lowest BCUT2D eigenvalue weighted by Gasteiger charge is -2.47. The summed E-state index contributed by atoms with van der Waals surface area (Å²) in [5.74, 6) is -0.0139. The first-order valence-corrected chi connectivity index (χ1v) is 10.6. The van der Waals surface area contributed by atoms with Gasteiger partial charge in [-0.3, -0.25) is 19.3 Å². The third kappa shape index (κ3) is 3.04. The van der Waals surface area contributed by atoms with Crippen molar-refractivity contribution in [3.05, 3.63) is 29.3 Å². The normalized spacial score (nSPS) is 28.6. The van der Waals surface area contributed by atoms with Crippen molar-refractivity contribution in [2.75, 3.05) is 13.2 Å². The Labute approximate surface area is 172 Å². The van der Waals surface area contributed by atoms with Gasteiger partial charge in [0.2, 0.25) is 17.7 Å². The molecule has 6 nitrogen and oxygen atoms in total. The van der Waals surface area contributed by atoms with Gasteiger partial charge in [-0.25, -0.2) is 0 Å². The fourth-order valence-electron chi connectivity index (χ4n) is 5.21. The third-order valence-electron chi connectivity index (χ3n) is 7.62. The van der Waals surface area contributed by atoms with Gasteiger partial charge in [-0.2, -0.15) is 0 Å². The molecule has 1 aromatic carbocycles. The van der Waals surface area contributed by atoms with Gasteiger partial charge < -0.3 is 10.1 Å². The molecule has 1 aromatic rings. The largest absolute Gasteiger partial charge is 0.493 e. The van der Waals surface area contributed by atoms with Crippen molar-refractivity contribution in [1.29, 1.82) is 0 Å². The number of benzene rings is 1. The number of aryl methyl sites for hydroxylation is 1. The predicted octanol–water partition coefficient (Wildman–Crippen LogP) is 3.00. The maximum absolute atomic E-state index is 13.1. The van der Waals surface area contributed by atoms with E-state index in [0.717, 1.165) is 36.3 Å². The number of nitrogens with one attached hydrogen (secondary N) is 1. The van der Waals surface area contributed by atoms with Gasteiger partial charge in [0, 0.05) is 5.92 Å². The van der Waals surface area contributed by atoms with Crippen LogP contribution in [0.1, 0.15) is 64.1 Å². The number of hydrogen-bond donors (Lipinski definition) is 1. The van der Waals surface area contributed by atoms with Crippen LogP contribution in [-0.2, 0) is 20.8 Å². The molecular formula is C23H30N2O4. The molecule has 2 fully saturated rings. The van der Waals surface area contributed by atoms with Crippen LogP contribution < -0.4 is 10.1 Å². The van der Waals surface area contributed by atoms with Crippen LogP contribution in [0, 0.1) is 16.7 Å². The number of rotatable bonds is 4. The van der Waals surface area contributed by atoms with Crippen LogP contribution in [0.3, 0.4) is 0 Å². The Hall–Kier alpha value is -2.37. The molecule has 0 radical (unpaired) electrons. The molecule has 29 heavy (non-hydrogen) atoms. The number of amides is 3. The Morgan fingerprint density at radius 2 is 2.07 bits per heavy atom. The van der Waals surface area contributed by atoms with Crippen molar-refractivity contribution >= 4 is 17.7 Å². The van der Waals surface area contributed by atoms with Gasteiger partial charge in [0.25, 0.3) is 0 Å². The van der Waals surface area contributed by atoms with E-state index >= 15 is 0 Å². The average Bonchev–Trinajstić information content (AvgIpc) is 2.88. The van der Waals surface area contributed by atoms with E-state index in [1.807, 2.05) is 39.8 Å². The van der Waals surface area contributed by atoms with Crippen molar-refractivity contribution in [1.82, 2.24) is 10.2 Å². The van der Waals surface area contributed by atoms with Gasteiger partial charge in [0.1, 0.15) is 12.3 Å². The van der Waals surface area contributed by atoms with Gasteiger partial charge in [-0.1, -0.05) is 32.9 Å². The second kappa shape index (κ2) is 6.85. The molecule has 2 bridgehead atoms. The van der Waals surface area contributed by atoms with Crippen molar-refractivity contribution in [3.8, 4) is 5.75 Å². The van der Waals surface area contributed by atoms with Crippen LogP contribution in [0.15, 0.2) is 18.2 Å². The molecule has 1 aliphatic carbocycles. The Morgan fingerprint density at radius 3 is 2.83 bits per heavy atom. The van der Waals surface area contributed by atoms with E-state index in [1.54, 1.807) is 0 Å². The monoisotopic (exact) mass is 398 g/mol. The predicted molar refractivity (Wildman–Crippen MR) is 108 cm³/mol. The average molecular weight is 399 g/mol. The summed E-state index contributed by atoms with van der Waals surface area (Å²) >= 11 is 0. The molecule has 0 aromatic heterocycles. The van der Waals surface area contributed by atoms with Gasteiger partial charge >= 0.3 is 0 Å². The number of hydrogen-bond acceptors (Lipinski definition) is 4. The highest BCUT2D eigenvalue weighted by Gasteiger charge is 2.64. The molecule has 4 rings (SSSR count). The first-order valence-electron chi connectivity index (χ1n) is 10.6. The molecule has 1 saturated heterocycles. The molecule has 3 aliphatic rings. The Balaban J connectivity index is 1.45. The van der Waals surface area contributed by atoms with E-state index in [1.165, 1.54) is 4.90 Å². The SMILES string of the molecule is CC(NC(=O)CN1C(=O)C2CCC(C)(C1=O)C2(C)C)c1ccc2c(c1)CCCO2. The van der Waals surface area contributed by atoms with E-state index < -0.39 is 5.41 Å². The minimum atomic E-state index is -0.587. The third-order valence-corrected chi connectivity index (χ3v) is 7.62. The molecule has 2 aliphatic heterocycles. The highest BCUT2D eigenvalue weighted by atomic mass is 16.5. The second-order valence-electron chi connectivity index (χ2n) is 9.48. The number of imide groups is 1. The summed E-state index contributed by atoms with van der Waals surface area (Å²) in [5, 5.41) is 2.95. The summed E-state index contributed by atoms with van der Waals surface area (Å²) in [4.78, 5) is 39.9. The van der Waals surface area contributed by atoms with Crippen LogP contribution in [-0.4, -0.2) is 35.8 Å². The van der Waals surface area contributed by atoms with Gasteiger partial charge in [-0.15, -0.1) is 0 Å². The maximum atomic E-state index is 13.1. The quantitative estimate of drug-likeness (QED) is 0.791. The van der Waals surface area contributed by atoms with Crippen LogP contribution in [0.2, 0.25) is 0 Å². The topological polar surface area (TPSA) is 75.7 Å². The lowest BCUT2D eigenvalue weighted by atomic mass is 9.62. The summed E-state index contributed by atoms with van der Waals surface area (Å²) in [6.07, 6.45) is 3.36. The number of nitrogens with zero attached hydrogens (tertiary/aromatic N) is 1. The first kappa shape index (κ1) is 19.9. The second-order valence-corrected chi connectivity index (χ2v) is 9.48. The van der Waals surface area contributed by atoms with Crippen LogP contribution in [0.25, 0.3) is 0 Å². The lowest BCUT2D eigenvalue weighted by molar-refractivity contribution is -0.169. The van der Waals surface area contributed by atoms with Crippen molar-refractivity contribution in [2.24, 2.45) is 16.7 Å². The van der Waals surface area contributed by atoms with Crippen molar-refractivity contribution in [2.45, 2.75) is 59.4 Å². The molecule has 1 saturated carbocycles. The Kier molecular flexibility index (Phi) is 4.71. The molecule has 1 N–H and O–H groups in total. The number of ether oxygens (including phenoxy) is 1. The van der Waals surface area contributed by atoms with Crippen molar-refractivity contribution in [3.63, 3.8) is 0 Å². The van der Waals surface area contributed by atoms with E-state index in [9.17, 15) is 14.4 Å². The summed E-state index contributed by atoms with van der Waals surface area (Å²) in [7, 11) is 0. The van der Waals surface area contributed by atoms with Gasteiger partial charge in [0.15, 0.2) is 0 Å². The number of likely N-dealkylation sites (tertiary alicyclic amines) is 1. The minimum absolute atomic E-state index is 0.198. The fourth-order valence-corrected chi connectivity index (χ4v) is 5.21. The number of carbonyl (C=O) groups excluding carboxylic acids is 3. The van der Waals surface area contributed by atoms with E-state index in [2.05, 4.69) is 11.4 Å². The number of carbonyl (C=O) groups is 3. The maximum Gasteiger partial charge on any atom is 0.240 e. The van der Waals surface area contributed by atoms with Gasteiger partial charge in [0.05, 0.1) is 18.1 Å². The van der Waals surface area contributed by atoms with Gasteiger partial charge in [-0.05, 0) is 55.2 Å². The van der Waals surface area contributed by atoms with Crippen LogP contribution in [0.5, 0.6) is 5.75 Å². The molecule has 3 amide bonds. The Bertz CT molecular complexity index is 878. The minimum Gasteiger partial charge on any atom is -0.493 e. The summed E-state index contributed by atoms with van der Waals surface area (Å²) in [6.45, 7) is 8.38. The number of fused-ring (bicyclic) bond motifs is 3. The summed E-state index contributed by atoms with van der Waals surface area (Å²) < 4.78 is 5.65. The Morgan fingerprint density at radius 1 is 1.31 bits per heavy atom. The molecule has 156 valence electrons. The van der Waals surface area contributed by atoms with E-state index in [-0.39, 0.29) is 41.6 Å². The molecule has 3 unspecified atom stereocenters. The molecule has 6 heteroatoms. The first-order chi connectivity index (χ1) is 13.6. The van der Waals surface area contributed by atoms with E-state index in [0.29, 0.717) is 12.8 Å². The zero-order valence-corrected chi connectivity index (χ0v) is 17.7. The standard InChI is InChI=1S/C23H30N2O4/c1-14(15-7-8-18-16(12-15)6-5-11-29-18)24-19(26)13-25-20(27)17-9-10-23(4,21(25)28)22(17,2)3/h7-8,12,14,17H,5-6,9-11,13H2,1-4H3,(H,24,26). The molecule has 0 spiro atoms. The highest BCUT2D eigenvalue weighted by Crippen LogP contribution is 2.59. The highest BCUT2D eigenvalue weighted by molar-refractivity contribution is 6.06. The zero-order valence-electron chi connectivity index (χ0n) is 17.7. The van der Waals surface area contributed by atoms with E-state index in [4.69, 9.17) is 4.74 Å². The zero-order chi connectivity index (χ0) is 21.0. The lowest BCUT2D eigenvalue weighted by Crippen LogP contribution is -2.60. The van der Waals surface area contributed by atoms with Crippen molar-refractivity contribution < 1.29 is 19.1 Å². The molecule has 2 heterocycles. The van der Waals surface area contributed by atoms with Crippen LogP contribution in [0.4, 0.5) is 0 Å². The molecular weight excluding hydrogens is 368 g/mol. The molecule has 3 atom stereocenters. The number of piperidine rings is 1. The fraction of sp³-hybridized carbons (Fsp3) is 0.609. The summed E-state index contributed by atoms with van der Waals surface area (Å²) in [5.41, 5.74) is 1.19.